The number of nitrogen functional groups attached to an aromatic ring is 1. The smallest absolute Gasteiger partial charge is 0.253 e. The molecule has 1 fully saturated rings. The van der Waals surface area contributed by atoms with E-state index in [-0.39, 0.29) is 5.91 Å². The number of piperidine rings is 1. The topological polar surface area (TPSA) is 58.8 Å². The molecule has 1 heterocycles. The van der Waals surface area contributed by atoms with E-state index in [4.69, 9.17) is 10.5 Å². The van der Waals surface area contributed by atoms with Crippen LogP contribution in [-0.4, -0.2) is 51.7 Å². The van der Waals surface area contributed by atoms with Gasteiger partial charge in [0.2, 0.25) is 0 Å². The van der Waals surface area contributed by atoms with E-state index in [2.05, 4.69) is 0 Å². The molecule has 0 bridgehead atoms. The van der Waals surface area contributed by atoms with Crippen LogP contribution in [0.4, 0.5) is 11.4 Å². The van der Waals surface area contributed by atoms with Gasteiger partial charge in [-0.25, -0.2) is 0 Å². The zero-order valence-corrected chi connectivity index (χ0v) is 13.1. The number of carbonyl (C=O) groups is 1. The van der Waals surface area contributed by atoms with Gasteiger partial charge in [-0.15, -0.1) is 0 Å². The normalized spacial score (nSPS) is 16.0. The molecule has 5 nitrogen and oxygen atoms in total. The highest BCUT2D eigenvalue weighted by atomic mass is 16.5. The average Bonchev–Trinajstić information content (AvgIpc) is 2.47. The van der Waals surface area contributed by atoms with E-state index in [1.807, 2.05) is 36.0 Å². The van der Waals surface area contributed by atoms with Gasteiger partial charge in [-0.3, -0.25) is 4.79 Å². The Morgan fingerprint density at radius 2 is 2.05 bits per heavy atom. The van der Waals surface area contributed by atoms with E-state index >= 15 is 0 Å². The maximum Gasteiger partial charge on any atom is 0.253 e. The summed E-state index contributed by atoms with van der Waals surface area (Å²) in [6.07, 6.45) is 2.01. The van der Waals surface area contributed by atoms with Gasteiger partial charge in [-0.2, -0.15) is 0 Å². The molecule has 2 N–H and O–H groups in total. The van der Waals surface area contributed by atoms with Crippen LogP contribution in [0.1, 0.15) is 23.2 Å². The molecule has 0 saturated carbocycles. The first-order chi connectivity index (χ1) is 10.0. The molecule has 116 valence electrons. The number of ether oxygens (including phenoxy) is 1. The predicted molar refractivity (Wildman–Crippen MR) is 85.7 cm³/mol. The van der Waals surface area contributed by atoms with Gasteiger partial charge in [0.1, 0.15) is 0 Å². The number of rotatable bonds is 4. The lowest BCUT2D eigenvalue weighted by Gasteiger charge is -2.32. The van der Waals surface area contributed by atoms with Gasteiger partial charge in [0, 0.05) is 46.5 Å². The van der Waals surface area contributed by atoms with Gasteiger partial charge < -0.3 is 20.3 Å². The fourth-order valence-electron chi connectivity index (χ4n) is 2.82. The molecule has 1 aliphatic rings. The summed E-state index contributed by atoms with van der Waals surface area (Å²) in [6, 6.07) is 5.54. The number of anilines is 2. The molecule has 2 rings (SSSR count). The van der Waals surface area contributed by atoms with E-state index in [1.165, 1.54) is 0 Å². The lowest BCUT2D eigenvalue weighted by molar-refractivity contribution is 0.0613. The van der Waals surface area contributed by atoms with Crippen LogP contribution >= 0.6 is 0 Å². The zero-order valence-electron chi connectivity index (χ0n) is 13.1. The van der Waals surface area contributed by atoms with Gasteiger partial charge in [-0.05, 0) is 37.0 Å². The Morgan fingerprint density at radius 3 is 2.57 bits per heavy atom. The van der Waals surface area contributed by atoms with Crippen molar-refractivity contribution in [3.8, 4) is 0 Å². The second-order valence-corrected chi connectivity index (χ2v) is 5.86. The number of amides is 1. The lowest BCUT2D eigenvalue weighted by Crippen LogP contribution is -2.39. The molecule has 0 unspecified atom stereocenters. The molecule has 21 heavy (non-hydrogen) atoms. The number of hydrogen-bond donors (Lipinski definition) is 1. The summed E-state index contributed by atoms with van der Waals surface area (Å²) < 4.78 is 5.19. The van der Waals surface area contributed by atoms with Crippen molar-refractivity contribution in [1.82, 2.24) is 4.90 Å². The number of carbonyl (C=O) groups excluding carboxylic acids is 1. The quantitative estimate of drug-likeness (QED) is 0.860. The van der Waals surface area contributed by atoms with Crippen molar-refractivity contribution in [3.63, 3.8) is 0 Å². The lowest BCUT2D eigenvalue weighted by atomic mass is 9.97. The fourth-order valence-corrected chi connectivity index (χ4v) is 2.82. The third kappa shape index (κ3) is 3.67. The first-order valence-electron chi connectivity index (χ1n) is 7.38. The van der Waals surface area contributed by atoms with Gasteiger partial charge in [-0.1, -0.05) is 0 Å². The first kappa shape index (κ1) is 15.6. The second-order valence-electron chi connectivity index (χ2n) is 5.86. The monoisotopic (exact) mass is 291 g/mol. The summed E-state index contributed by atoms with van der Waals surface area (Å²) in [5, 5.41) is 0. The van der Waals surface area contributed by atoms with E-state index in [1.54, 1.807) is 13.2 Å². The van der Waals surface area contributed by atoms with Gasteiger partial charge >= 0.3 is 0 Å². The summed E-state index contributed by atoms with van der Waals surface area (Å²) in [4.78, 5) is 16.4. The average molecular weight is 291 g/mol. The summed E-state index contributed by atoms with van der Waals surface area (Å²) in [6.45, 7) is 2.37. The Kier molecular flexibility index (Phi) is 5.07. The SMILES string of the molecule is COCC1CCN(C(=O)c2ccc(N(C)C)c(N)c2)CC1. The summed E-state index contributed by atoms with van der Waals surface area (Å²) in [5.41, 5.74) is 8.27. The van der Waals surface area contributed by atoms with Crippen LogP contribution in [-0.2, 0) is 4.74 Å². The van der Waals surface area contributed by atoms with Crippen molar-refractivity contribution < 1.29 is 9.53 Å². The minimum atomic E-state index is 0.0721. The number of hydrogen-bond acceptors (Lipinski definition) is 4. The Morgan fingerprint density at radius 1 is 1.38 bits per heavy atom. The third-order valence-electron chi connectivity index (χ3n) is 4.06. The van der Waals surface area contributed by atoms with E-state index < -0.39 is 0 Å². The highest BCUT2D eigenvalue weighted by Crippen LogP contribution is 2.24. The number of nitrogens with two attached hydrogens (primary N) is 1. The number of methoxy groups -OCH3 is 1. The first-order valence-corrected chi connectivity index (χ1v) is 7.38. The Bertz CT molecular complexity index is 494. The van der Waals surface area contributed by atoms with Crippen molar-refractivity contribution in [1.29, 1.82) is 0 Å². The summed E-state index contributed by atoms with van der Waals surface area (Å²) >= 11 is 0. The van der Waals surface area contributed by atoms with Crippen molar-refractivity contribution in [2.24, 2.45) is 5.92 Å². The van der Waals surface area contributed by atoms with Crippen LogP contribution in [0, 0.1) is 5.92 Å². The molecule has 1 aliphatic heterocycles. The van der Waals surface area contributed by atoms with Crippen LogP contribution in [0.5, 0.6) is 0 Å². The minimum Gasteiger partial charge on any atom is -0.397 e. The van der Waals surface area contributed by atoms with E-state index in [0.29, 0.717) is 17.2 Å². The highest BCUT2D eigenvalue weighted by Gasteiger charge is 2.23. The minimum absolute atomic E-state index is 0.0721. The van der Waals surface area contributed by atoms with Gasteiger partial charge in [0.15, 0.2) is 0 Å². The van der Waals surface area contributed by atoms with Crippen LogP contribution in [0.15, 0.2) is 18.2 Å². The molecule has 1 saturated heterocycles. The molecule has 0 aliphatic carbocycles. The summed E-state index contributed by atoms with van der Waals surface area (Å²) in [5.74, 6) is 0.642. The fraction of sp³-hybridized carbons (Fsp3) is 0.562. The Hall–Kier alpha value is -1.75. The Labute approximate surface area is 126 Å². The second kappa shape index (κ2) is 6.80. The van der Waals surface area contributed by atoms with Crippen molar-refractivity contribution >= 4 is 17.3 Å². The number of likely N-dealkylation sites (tertiary alicyclic amines) is 1. The molecular weight excluding hydrogens is 266 g/mol. The molecule has 1 aromatic rings. The van der Waals surface area contributed by atoms with Crippen molar-refractivity contribution in [2.75, 3.05) is 51.5 Å². The van der Waals surface area contributed by atoms with Crippen molar-refractivity contribution in [2.45, 2.75) is 12.8 Å². The Balaban J connectivity index is 2.02. The van der Waals surface area contributed by atoms with Gasteiger partial charge in [0.05, 0.1) is 11.4 Å². The third-order valence-corrected chi connectivity index (χ3v) is 4.06. The van der Waals surface area contributed by atoms with E-state index in [0.717, 1.165) is 38.2 Å². The molecule has 1 aromatic carbocycles. The summed E-state index contributed by atoms with van der Waals surface area (Å²) in [7, 11) is 5.61. The number of nitrogens with zero attached hydrogens (tertiary/aromatic N) is 2. The molecule has 5 heteroatoms. The van der Waals surface area contributed by atoms with Crippen LogP contribution < -0.4 is 10.6 Å². The zero-order chi connectivity index (χ0) is 15.4. The molecular formula is C16H25N3O2. The molecule has 0 aromatic heterocycles. The van der Waals surface area contributed by atoms with Crippen molar-refractivity contribution in [3.05, 3.63) is 23.8 Å². The highest BCUT2D eigenvalue weighted by molar-refractivity contribution is 5.96. The van der Waals surface area contributed by atoms with E-state index in [9.17, 15) is 4.79 Å². The molecule has 0 spiro atoms. The van der Waals surface area contributed by atoms with Crippen LogP contribution in [0.3, 0.4) is 0 Å². The molecule has 0 radical (unpaired) electrons. The van der Waals surface area contributed by atoms with Gasteiger partial charge in [0.25, 0.3) is 5.91 Å². The maximum atomic E-state index is 12.5. The number of benzene rings is 1. The molecule has 0 atom stereocenters. The standard InChI is InChI=1S/C16H25N3O2/c1-18(2)15-5-4-13(10-14(15)17)16(20)19-8-6-12(7-9-19)11-21-3/h4-5,10,12H,6-9,11,17H2,1-3H3. The predicted octanol–water partition coefficient (Wildman–Crippen LogP) is 1.83. The van der Waals surface area contributed by atoms with Crippen LogP contribution in [0.2, 0.25) is 0 Å². The molecule has 1 amide bonds. The van der Waals surface area contributed by atoms with Crippen LogP contribution in [0.25, 0.3) is 0 Å². The maximum absolute atomic E-state index is 12.5. The largest absolute Gasteiger partial charge is 0.397 e.